The van der Waals surface area contributed by atoms with E-state index in [0.717, 1.165) is 23.3 Å². The standard InChI is InChI=1S/C21H22N2O3/c24-20(13-15-7-2-1-3-8-15)23-12-6-10-18(23)21(25)22-17-14-26-19-11-5-4-9-16(17)19/h1-5,7-9,11,17-18H,6,10,12-14H2,(H,22,25). The minimum Gasteiger partial charge on any atom is -0.491 e. The van der Waals surface area contributed by atoms with Gasteiger partial charge in [-0.05, 0) is 24.5 Å². The molecule has 2 atom stereocenters. The van der Waals surface area contributed by atoms with Crippen LogP contribution in [-0.2, 0) is 16.0 Å². The van der Waals surface area contributed by atoms with Gasteiger partial charge in [0.2, 0.25) is 11.8 Å². The third kappa shape index (κ3) is 3.29. The molecule has 2 aliphatic heterocycles. The molecule has 5 heteroatoms. The monoisotopic (exact) mass is 350 g/mol. The average Bonchev–Trinajstić information content (AvgIpc) is 3.30. The summed E-state index contributed by atoms with van der Waals surface area (Å²) in [5.41, 5.74) is 1.97. The summed E-state index contributed by atoms with van der Waals surface area (Å²) >= 11 is 0. The number of para-hydroxylation sites is 1. The Morgan fingerprint density at radius 2 is 1.85 bits per heavy atom. The Hall–Kier alpha value is -2.82. The van der Waals surface area contributed by atoms with Crippen molar-refractivity contribution in [2.75, 3.05) is 13.2 Å². The summed E-state index contributed by atoms with van der Waals surface area (Å²) in [7, 11) is 0. The zero-order chi connectivity index (χ0) is 17.9. The first-order valence-electron chi connectivity index (χ1n) is 9.08. The number of rotatable bonds is 4. The maximum absolute atomic E-state index is 12.8. The van der Waals surface area contributed by atoms with Crippen LogP contribution >= 0.6 is 0 Å². The molecule has 0 radical (unpaired) electrons. The summed E-state index contributed by atoms with van der Waals surface area (Å²) in [6, 6.07) is 16.9. The lowest BCUT2D eigenvalue weighted by molar-refractivity contribution is -0.138. The molecule has 26 heavy (non-hydrogen) atoms. The second kappa shape index (κ2) is 7.20. The number of benzene rings is 2. The number of carbonyl (C=O) groups is 2. The van der Waals surface area contributed by atoms with Gasteiger partial charge in [0.15, 0.2) is 0 Å². The summed E-state index contributed by atoms with van der Waals surface area (Å²) in [5.74, 6) is 0.743. The van der Waals surface area contributed by atoms with Crippen molar-refractivity contribution in [3.05, 3.63) is 65.7 Å². The van der Waals surface area contributed by atoms with Gasteiger partial charge in [-0.1, -0.05) is 48.5 Å². The minimum atomic E-state index is -0.390. The predicted octanol–water partition coefficient (Wildman–Crippen LogP) is 2.47. The van der Waals surface area contributed by atoms with E-state index < -0.39 is 0 Å². The van der Waals surface area contributed by atoms with Gasteiger partial charge in [-0.3, -0.25) is 9.59 Å². The summed E-state index contributed by atoms with van der Waals surface area (Å²) in [5, 5.41) is 3.07. The van der Waals surface area contributed by atoms with Crippen molar-refractivity contribution in [1.82, 2.24) is 10.2 Å². The number of carbonyl (C=O) groups excluding carboxylic acids is 2. The maximum atomic E-state index is 12.8. The lowest BCUT2D eigenvalue weighted by atomic mass is 10.1. The molecule has 2 amide bonds. The largest absolute Gasteiger partial charge is 0.491 e. The van der Waals surface area contributed by atoms with Crippen LogP contribution in [0.3, 0.4) is 0 Å². The van der Waals surface area contributed by atoms with Crippen molar-refractivity contribution in [3.63, 3.8) is 0 Å². The fourth-order valence-electron chi connectivity index (χ4n) is 3.76. The molecular formula is C21H22N2O3. The number of nitrogens with one attached hydrogen (secondary N) is 1. The Balaban J connectivity index is 1.42. The number of likely N-dealkylation sites (tertiary alicyclic amines) is 1. The van der Waals surface area contributed by atoms with E-state index in [1.54, 1.807) is 4.90 Å². The molecule has 2 aromatic carbocycles. The van der Waals surface area contributed by atoms with E-state index in [4.69, 9.17) is 4.74 Å². The van der Waals surface area contributed by atoms with E-state index in [9.17, 15) is 9.59 Å². The lowest BCUT2D eigenvalue weighted by Gasteiger charge is -2.25. The molecule has 1 N–H and O–H groups in total. The van der Waals surface area contributed by atoms with Crippen LogP contribution in [0.2, 0.25) is 0 Å². The van der Waals surface area contributed by atoms with Gasteiger partial charge in [-0.25, -0.2) is 0 Å². The second-order valence-corrected chi connectivity index (χ2v) is 6.82. The third-order valence-corrected chi connectivity index (χ3v) is 5.09. The topological polar surface area (TPSA) is 58.6 Å². The Bertz CT molecular complexity index is 806. The zero-order valence-electron chi connectivity index (χ0n) is 14.6. The highest BCUT2D eigenvalue weighted by Gasteiger charge is 2.36. The molecule has 0 aromatic heterocycles. The first-order chi connectivity index (χ1) is 12.7. The van der Waals surface area contributed by atoms with E-state index in [-0.39, 0.29) is 23.9 Å². The molecule has 2 aliphatic rings. The van der Waals surface area contributed by atoms with Gasteiger partial charge in [0.05, 0.1) is 12.5 Å². The smallest absolute Gasteiger partial charge is 0.243 e. The molecule has 2 aromatic rings. The number of amides is 2. The summed E-state index contributed by atoms with van der Waals surface area (Å²) in [4.78, 5) is 27.2. The molecular weight excluding hydrogens is 328 g/mol. The first-order valence-corrected chi connectivity index (χ1v) is 9.08. The molecule has 5 nitrogen and oxygen atoms in total. The molecule has 4 rings (SSSR count). The van der Waals surface area contributed by atoms with E-state index in [0.29, 0.717) is 26.0 Å². The summed E-state index contributed by atoms with van der Waals surface area (Å²) in [6.45, 7) is 1.08. The van der Waals surface area contributed by atoms with Crippen molar-refractivity contribution in [2.45, 2.75) is 31.3 Å². The maximum Gasteiger partial charge on any atom is 0.243 e. The Kier molecular flexibility index (Phi) is 4.61. The third-order valence-electron chi connectivity index (χ3n) is 5.09. The highest BCUT2D eigenvalue weighted by Crippen LogP contribution is 2.32. The van der Waals surface area contributed by atoms with Crippen molar-refractivity contribution in [3.8, 4) is 5.75 Å². The Morgan fingerprint density at radius 1 is 1.08 bits per heavy atom. The van der Waals surface area contributed by atoms with E-state index in [1.807, 2.05) is 54.6 Å². The summed E-state index contributed by atoms with van der Waals surface area (Å²) in [6.07, 6.45) is 1.90. The van der Waals surface area contributed by atoms with Crippen LogP contribution in [0.4, 0.5) is 0 Å². The van der Waals surface area contributed by atoms with Gasteiger partial charge in [0.25, 0.3) is 0 Å². The number of nitrogens with zero attached hydrogens (tertiary/aromatic N) is 1. The van der Waals surface area contributed by atoms with E-state index >= 15 is 0 Å². The van der Waals surface area contributed by atoms with Gasteiger partial charge in [-0.2, -0.15) is 0 Å². The highest BCUT2D eigenvalue weighted by atomic mass is 16.5. The lowest BCUT2D eigenvalue weighted by Crippen LogP contribution is -2.47. The molecule has 1 saturated heterocycles. The molecule has 0 aliphatic carbocycles. The van der Waals surface area contributed by atoms with Crippen molar-refractivity contribution in [2.24, 2.45) is 0 Å². The molecule has 134 valence electrons. The van der Waals surface area contributed by atoms with Crippen molar-refractivity contribution < 1.29 is 14.3 Å². The van der Waals surface area contributed by atoms with Crippen LogP contribution in [0.1, 0.15) is 30.0 Å². The van der Waals surface area contributed by atoms with Gasteiger partial charge in [0.1, 0.15) is 18.4 Å². The zero-order valence-corrected chi connectivity index (χ0v) is 14.6. The highest BCUT2D eigenvalue weighted by molar-refractivity contribution is 5.89. The van der Waals surface area contributed by atoms with Crippen LogP contribution < -0.4 is 10.1 Å². The van der Waals surface area contributed by atoms with Crippen LogP contribution in [0.15, 0.2) is 54.6 Å². The van der Waals surface area contributed by atoms with E-state index in [2.05, 4.69) is 5.32 Å². The van der Waals surface area contributed by atoms with Crippen molar-refractivity contribution in [1.29, 1.82) is 0 Å². The number of hydrogen-bond acceptors (Lipinski definition) is 3. The fourth-order valence-corrected chi connectivity index (χ4v) is 3.76. The molecule has 0 saturated carbocycles. The number of ether oxygens (including phenoxy) is 1. The first kappa shape index (κ1) is 16.6. The SMILES string of the molecule is O=C(NC1COc2ccccc21)C1CCCN1C(=O)Cc1ccccc1. The quantitative estimate of drug-likeness (QED) is 0.922. The van der Waals surface area contributed by atoms with Crippen LogP contribution in [0, 0.1) is 0 Å². The van der Waals surface area contributed by atoms with Crippen LogP contribution in [0.5, 0.6) is 5.75 Å². The molecule has 0 bridgehead atoms. The van der Waals surface area contributed by atoms with Crippen LogP contribution in [-0.4, -0.2) is 35.9 Å². The Labute approximate surface area is 153 Å². The average molecular weight is 350 g/mol. The minimum absolute atomic E-state index is 0.0110. The molecule has 0 spiro atoms. The van der Waals surface area contributed by atoms with Gasteiger partial charge >= 0.3 is 0 Å². The van der Waals surface area contributed by atoms with Gasteiger partial charge < -0.3 is 15.0 Å². The predicted molar refractivity (Wildman–Crippen MR) is 97.7 cm³/mol. The van der Waals surface area contributed by atoms with Crippen molar-refractivity contribution >= 4 is 11.8 Å². The fraction of sp³-hybridized carbons (Fsp3) is 0.333. The van der Waals surface area contributed by atoms with E-state index in [1.165, 1.54) is 0 Å². The summed E-state index contributed by atoms with van der Waals surface area (Å²) < 4.78 is 5.63. The normalized spacial score (nSPS) is 21.2. The number of hydrogen-bond donors (Lipinski definition) is 1. The van der Waals surface area contributed by atoms with Crippen LogP contribution in [0.25, 0.3) is 0 Å². The Morgan fingerprint density at radius 3 is 2.69 bits per heavy atom. The molecule has 2 unspecified atom stereocenters. The second-order valence-electron chi connectivity index (χ2n) is 6.82. The number of fused-ring (bicyclic) bond motifs is 1. The van der Waals surface area contributed by atoms with Gasteiger partial charge in [0, 0.05) is 12.1 Å². The molecule has 1 fully saturated rings. The molecule has 2 heterocycles. The van der Waals surface area contributed by atoms with Gasteiger partial charge in [-0.15, -0.1) is 0 Å².